The molecule has 0 bridgehead atoms. The van der Waals surface area contributed by atoms with Gasteiger partial charge in [-0.3, -0.25) is 4.79 Å². The Morgan fingerprint density at radius 2 is 2.30 bits per heavy atom. The van der Waals surface area contributed by atoms with E-state index < -0.39 is 5.60 Å². The number of hydrogen-bond acceptors (Lipinski definition) is 4. The van der Waals surface area contributed by atoms with Crippen molar-refractivity contribution < 1.29 is 9.90 Å². The van der Waals surface area contributed by atoms with E-state index in [4.69, 9.17) is 0 Å². The van der Waals surface area contributed by atoms with Crippen molar-refractivity contribution in [2.75, 3.05) is 12.3 Å². The Bertz CT molecular complexity index is 468. The van der Waals surface area contributed by atoms with Crippen molar-refractivity contribution in [1.82, 2.24) is 9.88 Å². The molecule has 0 spiro atoms. The molecule has 1 aliphatic rings. The molecule has 4 nitrogen and oxygen atoms in total. The Labute approximate surface area is 124 Å². The zero-order chi connectivity index (χ0) is 14.8. The summed E-state index contributed by atoms with van der Waals surface area (Å²) < 4.78 is 0. The second-order valence-electron chi connectivity index (χ2n) is 5.63. The van der Waals surface area contributed by atoms with Gasteiger partial charge in [-0.2, -0.15) is 0 Å². The number of rotatable bonds is 4. The van der Waals surface area contributed by atoms with Crippen molar-refractivity contribution in [2.24, 2.45) is 0 Å². The van der Waals surface area contributed by atoms with Crippen LogP contribution in [0.1, 0.15) is 44.0 Å². The fraction of sp³-hybridized carbons (Fsp3) is 0.600. The first-order chi connectivity index (χ1) is 9.43. The smallest absolute Gasteiger partial charge is 0.255 e. The summed E-state index contributed by atoms with van der Waals surface area (Å²) in [4.78, 5) is 18.6. The van der Waals surface area contributed by atoms with Crippen molar-refractivity contribution in [1.29, 1.82) is 0 Å². The highest BCUT2D eigenvalue weighted by Gasteiger charge is 2.38. The quantitative estimate of drug-likeness (QED) is 0.867. The standard InChI is InChI=1S/C15H22N2O2S/c1-4-20-13-8-7-11(10-16-13)14(18)17-9-5-6-12(17)15(2,3)19/h7-8,10,12,19H,4-6,9H2,1-3H3. The monoisotopic (exact) mass is 294 g/mol. The Morgan fingerprint density at radius 1 is 1.55 bits per heavy atom. The van der Waals surface area contributed by atoms with Gasteiger partial charge in [-0.1, -0.05) is 6.92 Å². The summed E-state index contributed by atoms with van der Waals surface area (Å²) in [7, 11) is 0. The second-order valence-corrected chi connectivity index (χ2v) is 6.91. The van der Waals surface area contributed by atoms with Crippen molar-refractivity contribution >= 4 is 17.7 Å². The number of amides is 1. The van der Waals surface area contributed by atoms with Crippen molar-refractivity contribution in [3.63, 3.8) is 0 Å². The molecule has 20 heavy (non-hydrogen) atoms. The summed E-state index contributed by atoms with van der Waals surface area (Å²) in [6, 6.07) is 3.60. The van der Waals surface area contributed by atoms with E-state index in [1.807, 2.05) is 12.1 Å². The number of nitrogens with zero attached hydrogens (tertiary/aromatic N) is 2. The van der Waals surface area contributed by atoms with Crippen LogP contribution in [0, 0.1) is 0 Å². The number of aromatic nitrogens is 1. The van der Waals surface area contributed by atoms with E-state index in [9.17, 15) is 9.90 Å². The number of carbonyl (C=O) groups is 1. The molecule has 0 radical (unpaired) electrons. The van der Waals surface area contributed by atoms with E-state index in [1.54, 1.807) is 36.7 Å². The first-order valence-electron chi connectivity index (χ1n) is 7.05. The Morgan fingerprint density at radius 3 is 2.85 bits per heavy atom. The highest BCUT2D eigenvalue weighted by molar-refractivity contribution is 7.99. The zero-order valence-electron chi connectivity index (χ0n) is 12.3. The maximum absolute atomic E-state index is 12.5. The van der Waals surface area contributed by atoms with Crippen LogP contribution in [0.3, 0.4) is 0 Å². The molecule has 1 unspecified atom stereocenters. The molecule has 1 N–H and O–H groups in total. The Kier molecular flexibility index (Phi) is 4.70. The summed E-state index contributed by atoms with van der Waals surface area (Å²) in [5.41, 5.74) is -0.265. The van der Waals surface area contributed by atoms with Crippen LogP contribution >= 0.6 is 11.8 Å². The number of pyridine rings is 1. The normalized spacial score (nSPS) is 19.4. The van der Waals surface area contributed by atoms with E-state index in [0.717, 1.165) is 23.6 Å². The van der Waals surface area contributed by atoms with E-state index in [1.165, 1.54) is 0 Å². The third-order valence-corrected chi connectivity index (χ3v) is 4.43. The van der Waals surface area contributed by atoms with Gasteiger partial charge in [-0.15, -0.1) is 11.8 Å². The largest absolute Gasteiger partial charge is 0.388 e. The summed E-state index contributed by atoms with van der Waals surface area (Å²) in [6.07, 6.45) is 3.43. The average Bonchev–Trinajstić information content (AvgIpc) is 2.88. The van der Waals surface area contributed by atoms with Gasteiger partial charge in [0.05, 0.1) is 22.2 Å². The lowest BCUT2D eigenvalue weighted by atomic mass is 9.96. The minimum atomic E-state index is -0.864. The molecule has 5 heteroatoms. The van der Waals surface area contributed by atoms with Crippen molar-refractivity contribution in [2.45, 2.75) is 50.3 Å². The minimum Gasteiger partial charge on any atom is -0.388 e. The number of thioether (sulfide) groups is 1. The van der Waals surface area contributed by atoms with E-state index in [-0.39, 0.29) is 11.9 Å². The van der Waals surface area contributed by atoms with Crippen LogP contribution in [-0.2, 0) is 0 Å². The minimum absolute atomic E-state index is 0.0322. The average molecular weight is 294 g/mol. The number of likely N-dealkylation sites (tertiary alicyclic amines) is 1. The van der Waals surface area contributed by atoms with E-state index >= 15 is 0 Å². The molecular weight excluding hydrogens is 272 g/mol. The molecule has 0 saturated carbocycles. The van der Waals surface area contributed by atoms with Gasteiger partial charge in [0, 0.05) is 12.7 Å². The molecular formula is C15H22N2O2S. The molecule has 2 heterocycles. The van der Waals surface area contributed by atoms with Gasteiger partial charge in [0.25, 0.3) is 5.91 Å². The molecule has 110 valence electrons. The van der Waals surface area contributed by atoms with Gasteiger partial charge in [-0.25, -0.2) is 4.98 Å². The van der Waals surface area contributed by atoms with Crippen LogP contribution in [0.5, 0.6) is 0 Å². The molecule has 1 aliphatic heterocycles. The maximum Gasteiger partial charge on any atom is 0.255 e. The van der Waals surface area contributed by atoms with Crippen molar-refractivity contribution in [3.8, 4) is 0 Å². The van der Waals surface area contributed by atoms with E-state index in [0.29, 0.717) is 12.1 Å². The molecule has 0 aromatic carbocycles. The van der Waals surface area contributed by atoms with Crippen LogP contribution < -0.4 is 0 Å². The van der Waals surface area contributed by atoms with Crippen molar-refractivity contribution in [3.05, 3.63) is 23.9 Å². The Hall–Kier alpha value is -1.07. The first-order valence-corrected chi connectivity index (χ1v) is 8.04. The van der Waals surface area contributed by atoms with Gasteiger partial charge < -0.3 is 10.0 Å². The fourth-order valence-corrected chi connectivity index (χ4v) is 3.24. The number of carbonyl (C=O) groups excluding carboxylic acids is 1. The molecule has 1 amide bonds. The highest BCUT2D eigenvalue weighted by Crippen LogP contribution is 2.28. The predicted molar refractivity (Wildman–Crippen MR) is 81.0 cm³/mol. The van der Waals surface area contributed by atoms with Gasteiger partial charge in [0.2, 0.25) is 0 Å². The number of hydrogen-bond donors (Lipinski definition) is 1. The van der Waals surface area contributed by atoms with Crippen LogP contribution in [0.25, 0.3) is 0 Å². The zero-order valence-corrected chi connectivity index (χ0v) is 13.1. The Balaban J connectivity index is 2.14. The molecule has 1 atom stereocenters. The lowest BCUT2D eigenvalue weighted by Gasteiger charge is -2.33. The second kappa shape index (κ2) is 6.14. The predicted octanol–water partition coefficient (Wildman–Crippen LogP) is 2.57. The fourth-order valence-electron chi connectivity index (χ4n) is 2.65. The van der Waals surface area contributed by atoms with Gasteiger partial charge >= 0.3 is 0 Å². The van der Waals surface area contributed by atoms with Gasteiger partial charge in [-0.05, 0) is 44.6 Å². The lowest BCUT2D eigenvalue weighted by Crippen LogP contribution is -2.48. The summed E-state index contributed by atoms with van der Waals surface area (Å²) in [5, 5.41) is 11.1. The van der Waals surface area contributed by atoms with Gasteiger partial charge in [0.15, 0.2) is 0 Å². The van der Waals surface area contributed by atoms with Crippen LogP contribution in [0.2, 0.25) is 0 Å². The third-order valence-electron chi connectivity index (χ3n) is 3.60. The third kappa shape index (κ3) is 3.33. The molecule has 1 fully saturated rings. The highest BCUT2D eigenvalue weighted by atomic mass is 32.2. The molecule has 1 saturated heterocycles. The molecule has 1 aromatic rings. The lowest BCUT2D eigenvalue weighted by molar-refractivity contribution is 0.000315. The van der Waals surface area contributed by atoms with Gasteiger partial charge in [0.1, 0.15) is 0 Å². The number of aliphatic hydroxyl groups is 1. The summed E-state index contributed by atoms with van der Waals surface area (Å²) >= 11 is 1.66. The first kappa shape index (κ1) is 15.3. The maximum atomic E-state index is 12.5. The topological polar surface area (TPSA) is 53.4 Å². The van der Waals surface area contributed by atoms with E-state index in [2.05, 4.69) is 11.9 Å². The summed E-state index contributed by atoms with van der Waals surface area (Å²) in [6.45, 7) is 6.31. The molecule has 2 rings (SSSR count). The van der Waals surface area contributed by atoms with Crippen LogP contribution in [0.4, 0.5) is 0 Å². The van der Waals surface area contributed by atoms with Crippen LogP contribution in [-0.4, -0.2) is 44.8 Å². The molecule has 0 aliphatic carbocycles. The van der Waals surface area contributed by atoms with Crippen LogP contribution in [0.15, 0.2) is 23.4 Å². The summed E-state index contributed by atoms with van der Waals surface area (Å²) in [5.74, 6) is 0.933. The molecule has 1 aromatic heterocycles. The SMILES string of the molecule is CCSc1ccc(C(=O)N2CCCC2C(C)(C)O)cn1.